The van der Waals surface area contributed by atoms with E-state index in [0.717, 1.165) is 42.9 Å². The van der Waals surface area contributed by atoms with Gasteiger partial charge in [0.05, 0.1) is 6.61 Å². The first-order valence-corrected chi connectivity index (χ1v) is 6.56. The van der Waals surface area contributed by atoms with Gasteiger partial charge in [-0.1, -0.05) is 6.92 Å². The average molecular weight is 286 g/mol. The van der Waals surface area contributed by atoms with Gasteiger partial charge in [-0.3, -0.25) is 0 Å². The molecule has 1 aromatic carbocycles. The molecule has 0 amide bonds. The van der Waals surface area contributed by atoms with Crippen molar-refractivity contribution in [1.82, 2.24) is 5.32 Å². The fourth-order valence-electron chi connectivity index (χ4n) is 2.45. The molecule has 1 aromatic rings. The minimum atomic E-state index is 0. The molecule has 19 heavy (non-hydrogen) atoms. The van der Waals surface area contributed by atoms with E-state index in [9.17, 15) is 0 Å². The highest BCUT2D eigenvalue weighted by atomic mass is 35.5. The lowest BCUT2D eigenvalue weighted by molar-refractivity contribution is 0.168. The predicted octanol–water partition coefficient (Wildman–Crippen LogP) is 2.46. The highest BCUT2D eigenvalue weighted by molar-refractivity contribution is 5.85. The molecular weight excluding hydrogens is 266 g/mol. The Morgan fingerprint density at radius 1 is 1.32 bits per heavy atom. The van der Waals surface area contributed by atoms with Gasteiger partial charge in [-0.2, -0.15) is 0 Å². The first-order chi connectivity index (χ1) is 8.83. The van der Waals surface area contributed by atoms with Gasteiger partial charge < -0.3 is 19.5 Å². The Labute approximate surface area is 119 Å². The average Bonchev–Trinajstić information content (AvgIpc) is 2.85. The molecule has 3 rings (SSSR count). The Morgan fingerprint density at radius 3 is 3.00 bits per heavy atom. The number of ether oxygens (including phenoxy) is 3. The van der Waals surface area contributed by atoms with Crippen LogP contribution < -0.4 is 19.5 Å². The molecule has 2 heterocycles. The summed E-state index contributed by atoms with van der Waals surface area (Å²) >= 11 is 0. The van der Waals surface area contributed by atoms with Crippen molar-refractivity contribution >= 4 is 12.4 Å². The van der Waals surface area contributed by atoms with E-state index < -0.39 is 0 Å². The van der Waals surface area contributed by atoms with Gasteiger partial charge in [0.25, 0.3) is 0 Å². The van der Waals surface area contributed by atoms with Gasteiger partial charge in [-0.05, 0) is 31.0 Å². The minimum absolute atomic E-state index is 0. The fourth-order valence-corrected chi connectivity index (χ4v) is 2.45. The first-order valence-electron chi connectivity index (χ1n) is 6.56. The monoisotopic (exact) mass is 285 g/mol. The van der Waals surface area contributed by atoms with Crippen molar-refractivity contribution in [2.24, 2.45) is 11.8 Å². The molecule has 5 heteroatoms. The van der Waals surface area contributed by atoms with Crippen LogP contribution in [0.2, 0.25) is 0 Å². The highest BCUT2D eigenvalue weighted by Crippen LogP contribution is 2.35. The summed E-state index contributed by atoms with van der Waals surface area (Å²) < 4.78 is 16.5. The zero-order chi connectivity index (χ0) is 12.4. The van der Waals surface area contributed by atoms with Crippen LogP contribution in [0.4, 0.5) is 0 Å². The molecule has 1 saturated heterocycles. The third-order valence-corrected chi connectivity index (χ3v) is 3.80. The van der Waals surface area contributed by atoms with Gasteiger partial charge in [0.15, 0.2) is 11.5 Å². The molecule has 2 aliphatic heterocycles. The Hall–Kier alpha value is -1.13. The van der Waals surface area contributed by atoms with Gasteiger partial charge >= 0.3 is 0 Å². The third kappa shape index (κ3) is 3.25. The highest BCUT2D eigenvalue weighted by Gasteiger charge is 2.22. The summed E-state index contributed by atoms with van der Waals surface area (Å²) in [6, 6.07) is 5.75. The molecule has 0 aromatic heterocycles. The standard InChI is InChI=1S/C14H19NO3.ClH/c1-10-4-5-15-7-11(10)8-16-12-2-3-13-14(6-12)18-9-17-13;/h2-3,6,10-11,15H,4-5,7-9H2,1H3;1H/t10-,11+;/m1./s1. The Balaban J connectivity index is 0.00000133. The topological polar surface area (TPSA) is 39.7 Å². The van der Waals surface area contributed by atoms with Crippen molar-refractivity contribution in [1.29, 1.82) is 0 Å². The number of halogens is 1. The van der Waals surface area contributed by atoms with E-state index in [1.54, 1.807) is 0 Å². The first kappa shape index (κ1) is 14.3. The smallest absolute Gasteiger partial charge is 0.231 e. The van der Waals surface area contributed by atoms with Gasteiger partial charge in [-0.15, -0.1) is 12.4 Å². The molecular formula is C14H20ClNO3. The van der Waals surface area contributed by atoms with E-state index >= 15 is 0 Å². The predicted molar refractivity (Wildman–Crippen MR) is 75.4 cm³/mol. The molecule has 0 radical (unpaired) electrons. The SMILES string of the molecule is C[C@@H]1CCNC[C@H]1COc1ccc2c(c1)OCO2.Cl. The lowest BCUT2D eigenvalue weighted by Crippen LogP contribution is -2.38. The number of fused-ring (bicyclic) bond motifs is 1. The summed E-state index contributed by atoms with van der Waals surface area (Å²) in [5, 5.41) is 3.42. The number of piperidine rings is 1. The van der Waals surface area contributed by atoms with Crippen molar-refractivity contribution in [3.05, 3.63) is 18.2 Å². The van der Waals surface area contributed by atoms with Crippen molar-refractivity contribution in [2.45, 2.75) is 13.3 Å². The minimum Gasteiger partial charge on any atom is -0.493 e. The third-order valence-electron chi connectivity index (χ3n) is 3.80. The van der Waals surface area contributed by atoms with Gasteiger partial charge in [-0.25, -0.2) is 0 Å². The van der Waals surface area contributed by atoms with E-state index in [2.05, 4.69) is 12.2 Å². The molecule has 4 nitrogen and oxygen atoms in total. The van der Waals surface area contributed by atoms with Crippen molar-refractivity contribution < 1.29 is 14.2 Å². The van der Waals surface area contributed by atoms with Crippen LogP contribution in [-0.4, -0.2) is 26.5 Å². The molecule has 1 N–H and O–H groups in total. The van der Waals surface area contributed by atoms with E-state index in [-0.39, 0.29) is 12.4 Å². The van der Waals surface area contributed by atoms with Crippen LogP contribution in [0, 0.1) is 11.8 Å². The van der Waals surface area contributed by atoms with Crippen LogP contribution in [0.15, 0.2) is 18.2 Å². The summed E-state index contributed by atoms with van der Waals surface area (Å²) in [6.07, 6.45) is 1.23. The Kier molecular flexibility index (Phi) is 4.77. The lowest BCUT2D eigenvalue weighted by Gasteiger charge is -2.29. The maximum absolute atomic E-state index is 5.87. The largest absolute Gasteiger partial charge is 0.493 e. The maximum Gasteiger partial charge on any atom is 0.231 e. The quantitative estimate of drug-likeness (QED) is 0.926. The van der Waals surface area contributed by atoms with Gasteiger partial charge in [0.2, 0.25) is 6.79 Å². The van der Waals surface area contributed by atoms with Gasteiger partial charge in [0, 0.05) is 18.5 Å². The molecule has 0 aliphatic carbocycles. The van der Waals surface area contributed by atoms with Gasteiger partial charge in [0.1, 0.15) is 5.75 Å². The fraction of sp³-hybridized carbons (Fsp3) is 0.571. The second kappa shape index (κ2) is 6.35. The number of hydrogen-bond acceptors (Lipinski definition) is 4. The zero-order valence-electron chi connectivity index (χ0n) is 11.1. The van der Waals surface area contributed by atoms with Crippen LogP contribution in [0.5, 0.6) is 17.2 Å². The van der Waals surface area contributed by atoms with Crippen LogP contribution in [0.1, 0.15) is 13.3 Å². The van der Waals surface area contributed by atoms with E-state index in [0.29, 0.717) is 12.7 Å². The molecule has 2 aliphatic rings. The van der Waals surface area contributed by atoms with Crippen molar-refractivity contribution in [2.75, 3.05) is 26.5 Å². The summed E-state index contributed by atoms with van der Waals surface area (Å²) in [5.41, 5.74) is 0. The van der Waals surface area contributed by atoms with Crippen molar-refractivity contribution in [3.63, 3.8) is 0 Å². The van der Waals surface area contributed by atoms with Crippen LogP contribution in [0.3, 0.4) is 0 Å². The summed E-state index contributed by atoms with van der Waals surface area (Å²) in [5.74, 6) is 3.75. The Bertz CT molecular complexity index is 427. The second-order valence-electron chi connectivity index (χ2n) is 5.06. The van der Waals surface area contributed by atoms with E-state index in [4.69, 9.17) is 14.2 Å². The molecule has 2 atom stereocenters. The molecule has 0 spiro atoms. The molecule has 0 bridgehead atoms. The number of benzene rings is 1. The number of rotatable bonds is 3. The molecule has 0 saturated carbocycles. The summed E-state index contributed by atoms with van der Waals surface area (Å²) in [7, 11) is 0. The number of nitrogens with one attached hydrogen (secondary N) is 1. The summed E-state index contributed by atoms with van der Waals surface area (Å²) in [4.78, 5) is 0. The number of hydrogen-bond donors (Lipinski definition) is 1. The second-order valence-corrected chi connectivity index (χ2v) is 5.06. The zero-order valence-corrected chi connectivity index (χ0v) is 11.9. The molecule has 106 valence electrons. The molecule has 0 unspecified atom stereocenters. The van der Waals surface area contributed by atoms with Crippen molar-refractivity contribution in [3.8, 4) is 17.2 Å². The Morgan fingerprint density at radius 2 is 2.16 bits per heavy atom. The lowest BCUT2D eigenvalue weighted by atomic mass is 9.89. The van der Waals surface area contributed by atoms with E-state index in [1.807, 2.05) is 18.2 Å². The van der Waals surface area contributed by atoms with Crippen LogP contribution in [-0.2, 0) is 0 Å². The normalized spacial score (nSPS) is 24.7. The van der Waals surface area contributed by atoms with E-state index in [1.165, 1.54) is 6.42 Å². The molecule has 1 fully saturated rings. The van der Waals surface area contributed by atoms with Crippen LogP contribution in [0.25, 0.3) is 0 Å². The van der Waals surface area contributed by atoms with Crippen LogP contribution >= 0.6 is 12.4 Å². The summed E-state index contributed by atoms with van der Waals surface area (Å²) in [6.45, 7) is 5.54. The maximum atomic E-state index is 5.87.